The van der Waals surface area contributed by atoms with Crippen LogP contribution in [0.1, 0.15) is 40.1 Å². The minimum Gasteiger partial charge on any atom is -0.370 e. The van der Waals surface area contributed by atoms with Gasteiger partial charge in [-0.2, -0.15) is 13.9 Å². The van der Waals surface area contributed by atoms with Gasteiger partial charge in [0.15, 0.2) is 0 Å². The summed E-state index contributed by atoms with van der Waals surface area (Å²) in [4.78, 5) is 12.4. The molecule has 1 N–H and O–H groups in total. The number of halogens is 4. The fraction of sp³-hybridized carbons (Fsp3) is 0.444. The number of hydrogen-bond acceptors (Lipinski definition) is 3. The van der Waals surface area contributed by atoms with E-state index in [9.17, 15) is 22.4 Å². The van der Waals surface area contributed by atoms with Gasteiger partial charge in [0.2, 0.25) is 0 Å². The van der Waals surface area contributed by atoms with Crippen molar-refractivity contribution >= 4 is 5.91 Å². The predicted octanol–water partition coefficient (Wildman–Crippen LogP) is 3.64. The molecule has 0 bridgehead atoms. The van der Waals surface area contributed by atoms with E-state index >= 15 is 0 Å². The van der Waals surface area contributed by atoms with Crippen molar-refractivity contribution in [1.82, 2.24) is 15.1 Å². The van der Waals surface area contributed by atoms with E-state index in [1.807, 2.05) is 20.0 Å². The van der Waals surface area contributed by atoms with Crippen LogP contribution in [-0.4, -0.2) is 34.6 Å². The molecule has 0 fully saturated rings. The molecule has 1 aromatic heterocycles. The molecule has 1 amide bonds. The van der Waals surface area contributed by atoms with Crippen LogP contribution >= 0.6 is 0 Å². The van der Waals surface area contributed by atoms with E-state index in [2.05, 4.69) is 15.2 Å². The molecular formula is C18H21F4N3O2. The van der Waals surface area contributed by atoms with Gasteiger partial charge in [0, 0.05) is 24.4 Å². The highest BCUT2D eigenvalue weighted by atomic mass is 19.3. The molecule has 27 heavy (non-hydrogen) atoms. The second-order valence-electron chi connectivity index (χ2n) is 6.29. The van der Waals surface area contributed by atoms with Gasteiger partial charge in [-0.3, -0.25) is 9.48 Å². The highest BCUT2D eigenvalue weighted by molar-refractivity contribution is 5.94. The number of nitrogens with zero attached hydrogens (tertiary/aromatic N) is 2. The summed E-state index contributed by atoms with van der Waals surface area (Å²) in [5.41, 5.74) is 2.41. The molecule has 1 heterocycles. The molecular weight excluding hydrogens is 366 g/mol. The van der Waals surface area contributed by atoms with E-state index in [1.54, 1.807) is 29.9 Å². The highest BCUT2D eigenvalue weighted by Gasteiger charge is 2.40. The van der Waals surface area contributed by atoms with Crippen molar-refractivity contribution in [1.29, 1.82) is 0 Å². The van der Waals surface area contributed by atoms with E-state index in [4.69, 9.17) is 0 Å². The third-order valence-electron chi connectivity index (χ3n) is 3.94. The van der Waals surface area contributed by atoms with Crippen molar-refractivity contribution < 1.29 is 27.1 Å². The predicted molar refractivity (Wildman–Crippen MR) is 90.9 cm³/mol. The number of ether oxygens (including phenoxy) is 1. The van der Waals surface area contributed by atoms with E-state index in [0.717, 1.165) is 11.3 Å². The van der Waals surface area contributed by atoms with Crippen molar-refractivity contribution in [2.24, 2.45) is 7.05 Å². The maximum Gasteiger partial charge on any atom is 0.330 e. The van der Waals surface area contributed by atoms with Gasteiger partial charge in [0.25, 0.3) is 5.91 Å². The Hall–Kier alpha value is -2.42. The number of nitrogens with one attached hydrogen (secondary N) is 1. The van der Waals surface area contributed by atoms with Gasteiger partial charge in [-0.25, -0.2) is 8.78 Å². The number of alkyl halides is 4. The third-order valence-corrected chi connectivity index (χ3v) is 3.94. The quantitative estimate of drug-likeness (QED) is 0.704. The van der Waals surface area contributed by atoms with E-state index in [-0.39, 0.29) is 18.6 Å². The Morgan fingerprint density at radius 3 is 2.67 bits per heavy atom. The van der Waals surface area contributed by atoms with E-state index < -0.39 is 19.0 Å². The normalized spacial score (nSPS) is 13.0. The lowest BCUT2D eigenvalue weighted by Crippen LogP contribution is -2.32. The molecule has 5 nitrogen and oxygen atoms in total. The smallest absolute Gasteiger partial charge is 0.330 e. The lowest BCUT2D eigenvalue weighted by Gasteiger charge is -2.16. The Bertz CT molecular complexity index is 793. The maximum absolute atomic E-state index is 12.8. The maximum atomic E-state index is 12.8. The van der Waals surface area contributed by atoms with Crippen molar-refractivity contribution in [2.45, 2.75) is 38.8 Å². The second kappa shape index (κ2) is 8.51. The second-order valence-corrected chi connectivity index (χ2v) is 6.29. The molecule has 1 unspecified atom stereocenters. The molecule has 1 aromatic carbocycles. The number of aryl methyl sites for hydroxylation is 2. The van der Waals surface area contributed by atoms with Crippen LogP contribution in [0.2, 0.25) is 0 Å². The van der Waals surface area contributed by atoms with Gasteiger partial charge >= 0.3 is 12.3 Å². The first-order valence-electron chi connectivity index (χ1n) is 8.24. The zero-order chi connectivity index (χ0) is 20.2. The number of carbonyl (C=O) groups excluding carboxylic acids is 1. The molecule has 9 heteroatoms. The van der Waals surface area contributed by atoms with Gasteiger partial charge in [-0.05, 0) is 31.5 Å². The zero-order valence-corrected chi connectivity index (χ0v) is 15.2. The van der Waals surface area contributed by atoms with Crippen LogP contribution in [0.3, 0.4) is 0 Å². The summed E-state index contributed by atoms with van der Waals surface area (Å²) in [6.07, 6.45) is -1.97. The average molecular weight is 387 g/mol. The van der Waals surface area contributed by atoms with Gasteiger partial charge in [-0.15, -0.1) is 0 Å². The molecule has 0 spiro atoms. The van der Waals surface area contributed by atoms with Crippen molar-refractivity contribution in [2.75, 3.05) is 6.61 Å². The summed E-state index contributed by atoms with van der Waals surface area (Å²) in [7, 11) is 1.78. The fourth-order valence-corrected chi connectivity index (χ4v) is 2.57. The summed E-state index contributed by atoms with van der Waals surface area (Å²) in [5.74, 6) is -4.56. The number of carbonyl (C=O) groups is 1. The number of benzene rings is 1. The molecule has 0 aliphatic carbocycles. The molecule has 0 saturated carbocycles. The van der Waals surface area contributed by atoms with Crippen molar-refractivity contribution in [3.05, 3.63) is 52.8 Å². The van der Waals surface area contributed by atoms with Crippen LogP contribution in [0.25, 0.3) is 0 Å². The van der Waals surface area contributed by atoms with Gasteiger partial charge in [-0.1, -0.05) is 12.1 Å². The first-order valence-corrected chi connectivity index (χ1v) is 8.24. The lowest BCUT2D eigenvalue weighted by molar-refractivity contribution is -0.168. The standard InChI is InChI=1S/C18H21F4N3O2/c1-11(15-8-25(3)24-12(15)2)23-16(26)14-6-4-5-13(7-14)9-27-10-18(21,22)17(19)20/h4-8,11,17H,9-10H2,1-3H3,(H,23,26). The Labute approximate surface area is 154 Å². The Morgan fingerprint density at radius 1 is 1.37 bits per heavy atom. The largest absolute Gasteiger partial charge is 0.370 e. The molecule has 2 aromatic rings. The monoisotopic (exact) mass is 387 g/mol. The lowest BCUT2D eigenvalue weighted by atomic mass is 10.1. The van der Waals surface area contributed by atoms with Gasteiger partial charge in [0.1, 0.15) is 6.61 Å². The van der Waals surface area contributed by atoms with Crippen LogP contribution in [-0.2, 0) is 18.4 Å². The van der Waals surface area contributed by atoms with E-state index in [0.29, 0.717) is 11.1 Å². The molecule has 0 aliphatic heterocycles. The topological polar surface area (TPSA) is 56.2 Å². The van der Waals surface area contributed by atoms with Crippen LogP contribution in [0.5, 0.6) is 0 Å². The summed E-state index contributed by atoms with van der Waals surface area (Å²) in [6, 6.07) is 5.88. The molecule has 0 saturated heterocycles. The Kier molecular flexibility index (Phi) is 6.59. The first-order chi connectivity index (χ1) is 12.6. The molecule has 148 valence electrons. The summed E-state index contributed by atoms with van der Waals surface area (Å²) in [6.45, 7) is 1.96. The minimum absolute atomic E-state index is 0.282. The van der Waals surface area contributed by atoms with E-state index in [1.165, 1.54) is 6.07 Å². The van der Waals surface area contributed by atoms with Crippen LogP contribution < -0.4 is 5.32 Å². The zero-order valence-electron chi connectivity index (χ0n) is 15.2. The fourth-order valence-electron chi connectivity index (χ4n) is 2.57. The first kappa shape index (κ1) is 20.9. The van der Waals surface area contributed by atoms with Crippen LogP contribution in [0.4, 0.5) is 17.6 Å². The van der Waals surface area contributed by atoms with Crippen molar-refractivity contribution in [3.63, 3.8) is 0 Å². The highest BCUT2D eigenvalue weighted by Crippen LogP contribution is 2.23. The Balaban J connectivity index is 1.97. The number of rotatable bonds is 8. The molecule has 1 atom stereocenters. The molecule has 0 aliphatic rings. The van der Waals surface area contributed by atoms with Crippen LogP contribution in [0.15, 0.2) is 30.5 Å². The average Bonchev–Trinajstić information content (AvgIpc) is 2.93. The summed E-state index contributed by atoms with van der Waals surface area (Å²) in [5, 5.41) is 7.06. The van der Waals surface area contributed by atoms with Crippen LogP contribution in [0, 0.1) is 6.92 Å². The molecule has 0 radical (unpaired) electrons. The number of hydrogen-bond donors (Lipinski definition) is 1. The van der Waals surface area contributed by atoms with Gasteiger partial charge < -0.3 is 10.1 Å². The minimum atomic E-state index is -4.20. The van der Waals surface area contributed by atoms with Gasteiger partial charge in [0.05, 0.1) is 18.3 Å². The summed E-state index contributed by atoms with van der Waals surface area (Å²) >= 11 is 0. The third kappa shape index (κ3) is 5.53. The summed E-state index contributed by atoms with van der Waals surface area (Å²) < 4.78 is 56.3. The number of aromatic nitrogens is 2. The SMILES string of the molecule is Cc1nn(C)cc1C(C)NC(=O)c1cccc(COCC(F)(F)C(F)F)c1. The Morgan fingerprint density at radius 2 is 2.07 bits per heavy atom. The van der Waals surface area contributed by atoms with Crippen molar-refractivity contribution in [3.8, 4) is 0 Å². The molecule has 2 rings (SSSR count). The number of amides is 1.